The van der Waals surface area contributed by atoms with E-state index in [0.717, 1.165) is 12.1 Å². The Hall–Kier alpha value is -3.44. The second-order valence-corrected chi connectivity index (χ2v) is 12.0. The molecule has 0 spiro atoms. The van der Waals surface area contributed by atoms with Crippen LogP contribution < -0.4 is 9.47 Å². The van der Waals surface area contributed by atoms with Crippen LogP contribution in [-0.2, 0) is 11.2 Å². The van der Waals surface area contributed by atoms with Crippen LogP contribution >= 0.6 is 0 Å². The van der Waals surface area contributed by atoms with Crippen molar-refractivity contribution in [3.05, 3.63) is 89.2 Å². The van der Waals surface area contributed by atoms with Gasteiger partial charge in [-0.25, -0.2) is 0 Å². The number of nitrogens with zero attached hydrogens (tertiary/aromatic N) is 3. The van der Waals surface area contributed by atoms with Gasteiger partial charge in [-0.1, -0.05) is 48.9 Å². The average molecular weight is 538 g/mol. The van der Waals surface area contributed by atoms with Crippen LogP contribution in [0.15, 0.2) is 67.0 Å². The molecule has 3 aliphatic heterocycles. The Bertz CT molecular complexity index is 1440. The molecule has 7 heteroatoms. The number of rotatable bonds is 5. The fraction of sp³-hybridized carbons (Fsp3) is 0.455. The third-order valence-corrected chi connectivity index (χ3v) is 10.1. The fourth-order valence-corrected chi connectivity index (χ4v) is 8.41. The van der Waals surface area contributed by atoms with Crippen LogP contribution in [0.1, 0.15) is 60.3 Å². The second-order valence-electron chi connectivity index (χ2n) is 12.0. The van der Waals surface area contributed by atoms with Gasteiger partial charge in [0.1, 0.15) is 11.5 Å². The molecule has 7 nitrogen and oxygen atoms in total. The van der Waals surface area contributed by atoms with Gasteiger partial charge in [0.05, 0.1) is 42.8 Å². The minimum absolute atomic E-state index is 0.326. The topological polar surface area (TPSA) is 98.8 Å². The molecule has 5 aliphatic rings. The van der Waals surface area contributed by atoms with Crippen molar-refractivity contribution in [2.24, 2.45) is 11.8 Å². The molecule has 206 valence electrons. The van der Waals surface area contributed by atoms with E-state index in [9.17, 15) is 15.5 Å². The lowest BCUT2D eigenvalue weighted by Gasteiger charge is -2.42. The number of benzene rings is 2. The van der Waals surface area contributed by atoms with E-state index in [1.807, 2.05) is 30.3 Å². The number of fused-ring (bicyclic) bond motifs is 7. The molecule has 0 radical (unpaired) electrons. The number of nitriles is 1. The number of hydrogen-bond acceptors (Lipinski definition) is 7. The van der Waals surface area contributed by atoms with Gasteiger partial charge in [-0.3, -0.25) is 9.88 Å². The van der Waals surface area contributed by atoms with E-state index in [0.29, 0.717) is 46.7 Å². The molecule has 4 heterocycles. The number of hydrogen-bond donors (Lipinski definition) is 2. The molecule has 3 aromatic rings. The molecule has 2 aromatic carbocycles. The lowest BCUT2D eigenvalue weighted by molar-refractivity contribution is -0.152. The highest BCUT2D eigenvalue weighted by atomic mass is 16.5. The summed E-state index contributed by atoms with van der Waals surface area (Å²) in [4.78, 5) is 6.89. The summed E-state index contributed by atoms with van der Waals surface area (Å²) in [5.74, 6) is 0.758. The Balaban J connectivity index is 1.45. The largest absolute Gasteiger partial charge is 0.495 e. The van der Waals surface area contributed by atoms with Gasteiger partial charge in [0, 0.05) is 31.0 Å². The van der Waals surface area contributed by atoms with Crippen molar-refractivity contribution >= 4 is 0 Å². The first-order valence-electron chi connectivity index (χ1n) is 14.4. The van der Waals surface area contributed by atoms with Crippen molar-refractivity contribution in [1.82, 2.24) is 9.88 Å². The van der Waals surface area contributed by atoms with Crippen LogP contribution in [0.3, 0.4) is 0 Å². The summed E-state index contributed by atoms with van der Waals surface area (Å²) >= 11 is 0. The van der Waals surface area contributed by atoms with Crippen LogP contribution in [0.4, 0.5) is 0 Å². The first-order valence-corrected chi connectivity index (χ1v) is 14.4. The Morgan fingerprint density at radius 3 is 2.62 bits per heavy atom. The average Bonchev–Trinajstić information content (AvgIpc) is 3.16. The number of aliphatic hydroxyl groups is 2. The lowest BCUT2D eigenvalue weighted by Crippen LogP contribution is -2.52. The third-order valence-electron chi connectivity index (χ3n) is 10.1. The van der Waals surface area contributed by atoms with Gasteiger partial charge in [-0.2, -0.15) is 5.26 Å². The lowest BCUT2D eigenvalue weighted by atomic mass is 9.70. The summed E-state index contributed by atoms with van der Waals surface area (Å²) in [6.45, 7) is 1.69. The minimum atomic E-state index is -1.82. The first-order chi connectivity index (χ1) is 19.5. The molecule has 0 amide bonds. The summed E-state index contributed by atoms with van der Waals surface area (Å²) in [6, 6.07) is 20.0. The molecule has 4 fully saturated rings. The number of aliphatic hydroxyl groups excluding tert-OH is 1. The molecule has 1 unspecified atom stereocenters. The molecular formula is C33H35N3O4. The third kappa shape index (κ3) is 3.49. The van der Waals surface area contributed by atoms with Crippen molar-refractivity contribution in [3.8, 4) is 17.6 Å². The van der Waals surface area contributed by atoms with Gasteiger partial charge in [0.2, 0.25) is 0 Å². The molecule has 2 aliphatic carbocycles. The molecule has 2 saturated heterocycles. The Morgan fingerprint density at radius 2 is 1.88 bits per heavy atom. The number of aromatic nitrogens is 1. The van der Waals surface area contributed by atoms with Gasteiger partial charge in [-0.05, 0) is 54.9 Å². The highest BCUT2D eigenvalue weighted by Gasteiger charge is 2.76. The number of piperidine rings is 1. The molecule has 2 bridgehead atoms. The van der Waals surface area contributed by atoms with Crippen molar-refractivity contribution in [1.29, 1.82) is 5.26 Å². The Labute approximate surface area is 235 Å². The molecule has 40 heavy (non-hydrogen) atoms. The summed E-state index contributed by atoms with van der Waals surface area (Å²) in [6.07, 6.45) is 8.18. The van der Waals surface area contributed by atoms with Gasteiger partial charge < -0.3 is 19.7 Å². The molecule has 2 saturated carbocycles. The predicted octanol–water partition coefficient (Wildman–Crippen LogP) is 4.48. The molecule has 2 N–H and O–H groups in total. The quantitative estimate of drug-likeness (QED) is 0.495. The molecule has 1 aromatic heterocycles. The van der Waals surface area contributed by atoms with E-state index in [1.54, 1.807) is 31.6 Å². The highest BCUT2D eigenvalue weighted by molar-refractivity contribution is 5.59. The van der Waals surface area contributed by atoms with Gasteiger partial charge >= 0.3 is 0 Å². The molecule has 7 atom stereocenters. The minimum Gasteiger partial charge on any atom is -0.495 e. The van der Waals surface area contributed by atoms with Crippen LogP contribution in [0, 0.1) is 23.2 Å². The molecule has 8 rings (SSSR count). The summed E-state index contributed by atoms with van der Waals surface area (Å²) in [5, 5.41) is 35.0. The van der Waals surface area contributed by atoms with E-state index in [4.69, 9.17) is 9.47 Å². The van der Waals surface area contributed by atoms with Crippen LogP contribution in [0.25, 0.3) is 0 Å². The maximum Gasteiger partial charge on any atom is 0.177 e. The Morgan fingerprint density at radius 1 is 1.07 bits per heavy atom. The predicted molar refractivity (Wildman–Crippen MR) is 149 cm³/mol. The Kier molecular flexibility index (Phi) is 6.12. The zero-order chi connectivity index (χ0) is 27.5. The monoisotopic (exact) mass is 537 g/mol. The smallest absolute Gasteiger partial charge is 0.177 e. The zero-order valence-corrected chi connectivity index (χ0v) is 22.7. The number of pyridine rings is 1. The van der Waals surface area contributed by atoms with E-state index >= 15 is 0 Å². The first kappa shape index (κ1) is 25.5. The van der Waals surface area contributed by atoms with Gasteiger partial charge in [0.25, 0.3) is 0 Å². The normalized spacial score (nSPS) is 34.4. The van der Waals surface area contributed by atoms with E-state index < -0.39 is 17.3 Å². The van der Waals surface area contributed by atoms with Gasteiger partial charge in [-0.15, -0.1) is 0 Å². The summed E-state index contributed by atoms with van der Waals surface area (Å²) < 4.78 is 12.6. The van der Waals surface area contributed by atoms with Crippen molar-refractivity contribution in [2.45, 2.75) is 61.4 Å². The number of methoxy groups -OCH3 is 1. The highest BCUT2D eigenvalue weighted by Crippen LogP contribution is 2.69. The SMILES string of the molecule is COc1cncc2c1[C@]1(O)[C@H](O)[C@H](CN3CC4CCC[C@H]3CC4)[C@@H](c3ccccc3)[C@]1(c1ccc(C#N)cc1)O2. The van der Waals surface area contributed by atoms with Crippen LogP contribution in [0.5, 0.6) is 11.5 Å². The van der Waals surface area contributed by atoms with E-state index in [-0.39, 0.29) is 11.8 Å². The molecular weight excluding hydrogens is 502 g/mol. The fourth-order valence-electron chi connectivity index (χ4n) is 8.41. The maximum atomic E-state index is 13.0. The summed E-state index contributed by atoms with van der Waals surface area (Å²) in [7, 11) is 1.55. The number of ether oxygens (including phenoxy) is 2. The maximum absolute atomic E-state index is 13.0. The van der Waals surface area contributed by atoms with Gasteiger partial charge in [0.15, 0.2) is 11.2 Å². The van der Waals surface area contributed by atoms with Crippen molar-refractivity contribution in [3.63, 3.8) is 0 Å². The van der Waals surface area contributed by atoms with E-state index in [2.05, 4.69) is 28.1 Å². The van der Waals surface area contributed by atoms with E-state index in [1.165, 1.54) is 32.1 Å². The van der Waals surface area contributed by atoms with Crippen LogP contribution in [0.2, 0.25) is 0 Å². The standard InChI is InChI=1S/C33H35N3O4/c1-39-27-17-35-18-28-30(27)32(38)31(37)26(20-36-19-22-6-5-9-25(36)15-12-22)29(23-7-3-2-4-8-23)33(32,40-28)24-13-10-21(16-34)11-14-24/h2-4,7-8,10-11,13-14,17-18,22,25-26,29,31,37-38H,5-6,9,12,15,19-20H2,1H3/t22?,25-,26+,29+,31+,32-,33-/m0/s1. The van der Waals surface area contributed by atoms with Crippen LogP contribution in [-0.4, -0.2) is 52.4 Å². The van der Waals surface area contributed by atoms with Crippen molar-refractivity contribution < 1.29 is 19.7 Å². The summed E-state index contributed by atoms with van der Waals surface area (Å²) in [5.41, 5.74) is -0.531. The second kappa shape index (κ2) is 9.59. The van der Waals surface area contributed by atoms with Crippen molar-refractivity contribution in [2.75, 3.05) is 20.2 Å². The zero-order valence-electron chi connectivity index (χ0n) is 22.7.